The Morgan fingerprint density at radius 1 is 1.32 bits per heavy atom. The second-order valence-electron chi connectivity index (χ2n) is 4.52. The lowest BCUT2D eigenvalue weighted by molar-refractivity contribution is -0.137. The van der Waals surface area contributed by atoms with Gasteiger partial charge in [-0.3, -0.25) is 9.59 Å². The molecule has 0 atom stereocenters. The molecule has 1 saturated carbocycles. The number of carbonyl (C=O) groups excluding carboxylic acids is 1. The minimum absolute atomic E-state index is 0.0789. The molecule has 2 rings (SSSR count). The average molecular weight is 263 g/mol. The number of rotatable bonds is 6. The van der Waals surface area contributed by atoms with Crippen LogP contribution in [0.4, 0.5) is 0 Å². The molecule has 19 heavy (non-hydrogen) atoms. The zero-order chi connectivity index (χ0) is 13.8. The molecular weight excluding hydrogens is 246 g/mol. The molecule has 1 aromatic carbocycles. The standard InChI is InChI=1S/C14H17NO4/c1-2-19-12-7-3-10(4-8-12)14(18)15(9-13(16)17)11-5-6-11/h3-4,7-8,11H,2,5-6,9H2,1H3,(H,16,17). The fourth-order valence-corrected chi connectivity index (χ4v) is 1.92. The SMILES string of the molecule is CCOc1ccc(C(=O)N(CC(=O)O)C2CC2)cc1. The highest BCUT2D eigenvalue weighted by molar-refractivity contribution is 5.96. The molecule has 1 amide bonds. The number of carbonyl (C=O) groups is 2. The van der Waals surface area contributed by atoms with E-state index in [0.717, 1.165) is 12.8 Å². The van der Waals surface area contributed by atoms with Crippen molar-refractivity contribution < 1.29 is 19.4 Å². The fraction of sp³-hybridized carbons (Fsp3) is 0.429. The molecule has 1 fully saturated rings. The van der Waals surface area contributed by atoms with E-state index in [1.54, 1.807) is 24.3 Å². The summed E-state index contributed by atoms with van der Waals surface area (Å²) in [5.41, 5.74) is 0.497. The lowest BCUT2D eigenvalue weighted by Gasteiger charge is -2.20. The van der Waals surface area contributed by atoms with E-state index >= 15 is 0 Å². The van der Waals surface area contributed by atoms with Gasteiger partial charge in [0.15, 0.2) is 0 Å². The molecule has 0 aliphatic heterocycles. The maximum atomic E-state index is 12.3. The Balaban J connectivity index is 2.09. The molecule has 0 aromatic heterocycles. The van der Waals surface area contributed by atoms with E-state index < -0.39 is 5.97 Å². The van der Waals surface area contributed by atoms with Gasteiger partial charge in [-0.1, -0.05) is 0 Å². The van der Waals surface area contributed by atoms with E-state index in [2.05, 4.69) is 0 Å². The molecule has 1 aliphatic carbocycles. The molecule has 1 N–H and O–H groups in total. The molecule has 1 aliphatic rings. The zero-order valence-corrected chi connectivity index (χ0v) is 10.8. The highest BCUT2D eigenvalue weighted by atomic mass is 16.5. The molecule has 0 heterocycles. The summed E-state index contributed by atoms with van der Waals surface area (Å²) in [6.07, 6.45) is 1.77. The number of hydrogen-bond donors (Lipinski definition) is 1. The summed E-state index contributed by atoms with van der Waals surface area (Å²) >= 11 is 0. The van der Waals surface area contributed by atoms with Crippen molar-refractivity contribution in [3.63, 3.8) is 0 Å². The van der Waals surface area contributed by atoms with Gasteiger partial charge in [0.2, 0.25) is 0 Å². The third-order valence-electron chi connectivity index (χ3n) is 2.97. The Bertz CT molecular complexity index is 465. The van der Waals surface area contributed by atoms with E-state index in [4.69, 9.17) is 9.84 Å². The monoisotopic (exact) mass is 263 g/mol. The first-order valence-electron chi connectivity index (χ1n) is 6.37. The first kappa shape index (κ1) is 13.4. The predicted octanol–water partition coefficient (Wildman–Crippen LogP) is 1.77. The maximum Gasteiger partial charge on any atom is 0.323 e. The third kappa shape index (κ3) is 3.47. The van der Waals surface area contributed by atoms with Crippen molar-refractivity contribution in [3.05, 3.63) is 29.8 Å². The highest BCUT2D eigenvalue weighted by Gasteiger charge is 2.34. The second kappa shape index (κ2) is 5.73. The van der Waals surface area contributed by atoms with E-state index in [-0.39, 0.29) is 18.5 Å². The number of hydrogen-bond acceptors (Lipinski definition) is 3. The van der Waals surface area contributed by atoms with Crippen LogP contribution in [0, 0.1) is 0 Å². The van der Waals surface area contributed by atoms with Gasteiger partial charge in [-0.2, -0.15) is 0 Å². The van der Waals surface area contributed by atoms with Gasteiger partial charge in [0.05, 0.1) is 6.61 Å². The summed E-state index contributed by atoms with van der Waals surface area (Å²) in [4.78, 5) is 24.5. The Morgan fingerprint density at radius 2 is 1.95 bits per heavy atom. The summed E-state index contributed by atoms with van der Waals surface area (Å²) in [5.74, 6) is -0.505. The number of nitrogens with zero attached hydrogens (tertiary/aromatic N) is 1. The van der Waals surface area contributed by atoms with E-state index in [1.807, 2.05) is 6.92 Å². The van der Waals surface area contributed by atoms with Crippen LogP contribution in [0.25, 0.3) is 0 Å². The largest absolute Gasteiger partial charge is 0.494 e. The Hall–Kier alpha value is -2.04. The van der Waals surface area contributed by atoms with Crippen molar-refractivity contribution in [1.82, 2.24) is 4.90 Å². The minimum Gasteiger partial charge on any atom is -0.494 e. The van der Waals surface area contributed by atoms with Gasteiger partial charge in [-0.05, 0) is 44.0 Å². The van der Waals surface area contributed by atoms with Gasteiger partial charge in [-0.15, -0.1) is 0 Å². The molecule has 5 heteroatoms. The van der Waals surface area contributed by atoms with Crippen LogP contribution in [0.2, 0.25) is 0 Å². The van der Waals surface area contributed by atoms with Crippen LogP contribution >= 0.6 is 0 Å². The molecule has 102 valence electrons. The highest BCUT2D eigenvalue weighted by Crippen LogP contribution is 2.28. The summed E-state index contributed by atoms with van der Waals surface area (Å²) in [6.45, 7) is 2.22. The molecule has 5 nitrogen and oxygen atoms in total. The van der Waals surface area contributed by atoms with Gasteiger partial charge < -0.3 is 14.7 Å². The summed E-state index contributed by atoms with van der Waals surface area (Å²) in [6, 6.07) is 6.87. The smallest absolute Gasteiger partial charge is 0.323 e. The number of carboxylic acids is 1. The van der Waals surface area contributed by atoms with Gasteiger partial charge in [0, 0.05) is 11.6 Å². The Morgan fingerprint density at radius 3 is 2.42 bits per heavy atom. The Labute approximate surface area is 111 Å². The summed E-state index contributed by atoms with van der Waals surface area (Å²) in [5, 5.41) is 8.86. The average Bonchev–Trinajstić information content (AvgIpc) is 3.20. The van der Waals surface area contributed by atoms with Crippen molar-refractivity contribution in [1.29, 1.82) is 0 Å². The number of aliphatic carboxylic acids is 1. The molecule has 0 saturated heterocycles. The molecule has 0 unspecified atom stereocenters. The summed E-state index contributed by atoms with van der Waals surface area (Å²) in [7, 11) is 0. The van der Waals surface area contributed by atoms with Crippen LogP contribution in [-0.2, 0) is 4.79 Å². The van der Waals surface area contributed by atoms with Crippen LogP contribution in [0.15, 0.2) is 24.3 Å². The molecule has 0 bridgehead atoms. The van der Waals surface area contributed by atoms with Crippen LogP contribution in [0.5, 0.6) is 5.75 Å². The van der Waals surface area contributed by atoms with Crippen molar-refractivity contribution in [2.45, 2.75) is 25.8 Å². The van der Waals surface area contributed by atoms with Crippen LogP contribution < -0.4 is 4.74 Å². The quantitative estimate of drug-likeness (QED) is 0.849. The Kier molecular flexibility index (Phi) is 4.04. The molecular formula is C14H17NO4. The van der Waals surface area contributed by atoms with E-state index in [9.17, 15) is 9.59 Å². The van der Waals surface area contributed by atoms with Gasteiger partial charge in [-0.25, -0.2) is 0 Å². The second-order valence-corrected chi connectivity index (χ2v) is 4.52. The normalized spacial score (nSPS) is 13.9. The van der Waals surface area contributed by atoms with Gasteiger partial charge in [0.1, 0.15) is 12.3 Å². The van der Waals surface area contributed by atoms with Crippen LogP contribution in [0.3, 0.4) is 0 Å². The fourth-order valence-electron chi connectivity index (χ4n) is 1.92. The number of carboxylic acid groups (broad SMARTS) is 1. The molecule has 1 aromatic rings. The maximum absolute atomic E-state index is 12.3. The zero-order valence-electron chi connectivity index (χ0n) is 10.8. The molecule has 0 spiro atoms. The minimum atomic E-state index is -0.980. The molecule has 0 radical (unpaired) electrons. The number of ether oxygens (including phenoxy) is 1. The van der Waals surface area contributed by atoms with E-state index in [1.165, 1.54) is 4.90 Å². The summed E-state index contributed by atoms with van der Waals surface area (Å²) < 4.78 is 5.31. The van der Waals surface area contributed by atoms with Gasteiger partial charge in [0.25, 0.3) is 5.91 Å². The topological polar surface area (TPSA) is 66.8 Å². The van der Waals surface area contributed by atoms with Crippen molar-refractivity contribution in [2.75, 3.05) is 13.2 Å². The lowest BCUT2D eigenvalue weighted by Crippen LogP contribution is -2.37. The third-order valence-corrected chi connectivity index (χ3v) is 2.97. The van der Waals surface area contributed by atoms with E-state index in [0.29, 0.717) is 17.9 Å². The number of amides is 1. The lowest BCUT2D eigenvalue weighted by atomic mass is 10.2. The first-order chi connectivity index (χ1) is 9.11. The van der Waals surface area contributed by atoms with Crippen LogP contribution in [0.1, 0.15) is 30.1 Å². The van der Waals surface area contributed by atoms with Crippen molar-refractivity contribution >= 4 is 11.9 Å². The van der Waals surface area contributed by atoms with Gasteiger partial charge >= 0.3 is 5.97 Å². The predicted molar refractivity (Wildman–Crippen MR) is 69.3 cm³/mol. The first-order valence-corrected chi connectivity index (χ1v) is 6.37. The van der Waals surface area contributed by atoms with Crippen molar-refractivity contribution in [2.24, 2.45) is 0 Å². The van der Waals surface area contributed by atoms with Crippen molar-refractivity contribution in [3.8, 4) is 5.75 Å². The number of benzene rings is 1. The van der Waals surface area contributed by atoms with Crippen LogP contribution in [-0.4, -0.2) is 41.1 Å².